The van der Waals surface area contributed by atoms with Crippen molar-refractivity contribution in [3.63, 3.8) is 0 Å². The number of carbonyl (C=O) groups is 1. The van der Waals surface area contributed by atoms with E-state index in [1.165, 1.54) is 4.90 Å². The molecule has 0 atom stereocenters. The van der Waals surface area contributed by atoms with Crippen molar-refractivity contribution in [2.45, 2.75) is 31.5 Å². The fraction of sp³-hybridized carbons (Fsp3) is 0.438. The number of rotatable bonds is 2. The van der Waals surface area contributed by atoms with Crippen molar-refractivity contribution in [3.8, 4) is 0 Å². The molecule has 1 aromatic carbocycles. The molecule has 1 saturated heterocycles. The van der Waals surface area contributed by atoms with Crippen LogP contribution in [0, 0.1) is 0 Å². The number of aliphatic hydroxyl groups is 1. The van der Waals surface area contributed by atoms with Crippen LogP contribution in [-0.2, 0) is 4.79 Å². The smallest absolute Gasteiger partial charge is 0.380 e. The summed E-state index contributed by atoms with van der Waals surface area (Å²) in [5.41, 5.74) is -1.49. The maximum absolute atomic E-state index is 12.8. The molecule has 3 nitrogen and oxygen atoms in total. The zero-order chi connectivity index (χ0) is 17.3. The second kappa shape index (κ2) is 6.53. The molecule has 2 rings (SSSR count). The predicted octanol–water partition coefficient (Wildman–Crippen LogP) is 3.66. The van der Waals surface area contributed by atoms with Crippen LogP contribution in [0.25, 0.3) is 6.08 Å². The van der Waals surface area contributed by atoms with Gasteiger partial charge in [0.25, 0.3) is 0 Å². The normalized spacial score (nSPS) is 18.9. The van der Waals surface area contributed by atoms with Crippen LogP contribution < -0.4 is 0 Å². The number of nitrogens with zero attached hydrogens (tertiary/aromatic N) is 1. The van der Waals surface area contributed by atoms with E-state index in [1.807, 2.05) is 0 Å². The number of hydrogen-bond acceptors (Lipinski definition) is 2. The summed E-state index contributed by atoms with van der Waals surface area (Å²) in [6.07, 6.45) is -4.02. The molecule has 1 heterocycles. The van der Waals surface area contributed by atoms with Crippen LogP contribution in [0.2, 0.25) is 5.02 Å². The van der Waals surface area contributed by atoms with E-state index in [4.69, 9.17) is 11.6 Å². The van der Waals surface area contributed by atoms with E-state index in [0.717, 1.165) is 5.56 Å². The summed E-state index contributed by atoms with van der Waals surface area (Å²) in [5, 5.41) is 10.2. The monoisotopic (exact) mass is 347 g/mol. The van der Waals surface area contributed by atoms with Crippen molar-refractivity contribution in [3.05, 3.63) is 40.4 Å². The van der Waals surface area contributed by atoms with Gasteiger partial charge in [-0.05, 0) is 30.7 Å². The zero-order valence-electron chi connectivity index (χ0n) is 12.5. The molecule has 1 N–H and O–H groups in total. The first-order valence-corrected chi connectivity index (χ1v) is 7.52. The molecular formula is C16H17ClF3NO2. The highest BCUT2D eigenvalue weighted by Gasteiger charge is 2.54. The van der Waals surface area contributed by atoms with Gasteiger partial charge in [-0.3, -0.25) is 4.79 Å². The van der Waals surface area contributed by atoms with Gasteiger partial charge in [-0.2, -0.15) is 13.2 Å². The minimum absolute atomic E-state index is 0.124. The molecule has 0 bridgehead atoms. The van der Waals surface area contributed by atoms with Crippen molar-refractivity contribution in [1.82, 2.24) is 4.90 Å². The Kier molecular flexibility index (Phi) is 5.06. The van der Waals surface area contributed by atoms with E-state index in [0.29, 0.717) is 10.6 Å². The third-order valence-electron chi connectivity index (χ3n) is 4.00. The van der Waals surface area contributed by atoms with Crippen LogP contribution in [0.5, 0.6) is 0 Å². The number of halogens is 4. The van der Waals surface area contributed by atoms with Gasteiger partial charge in [-0.25, -0.2) is 0 Å². The standard InChI is InChI=1S/C16H17ClF3NO2/c1-11(10-12-2-4-13(17)5-3-12)14(22)21-8-6-15(23,7-9-21)16(18,19)20/h2-5,10,23H,6-9H2,1H3/b11-10-. The Morgan fingerprint density at radius 2 is 1.78 bits per heavy atom. The molecule has 23 heavy (non-hydrogen) atoms. The van der Waals surface area contributed by atoms with E-state index < -0.39 is 24.6 Å². The fourth-order valence-corrected chi connectivity index (χ4v) is 2.61. The lowest BCUT2D eigenvalue weighted by Gasteiger charge is -2.39. The largest absolute Gasteiger partial charge is 0.417 e. The highest BCUT2D eigenvalue weighted by molar-refractivity contribution is 6.30. The molecule has 1 aliphatic rings. The van der Waals surface area contributed by atoms with Crippen molar-refractivity contribution in [2.75, 3.05) is 13.1 Å². The Labute approximate surface area is 137 Å². The fourth-order valence-electron chi connectivity index (χ4n) is 2.48. The third-order valence-corrected chi connectivity index (χ3v) is 4.25. The average molecular weight is 348 g/mol. The minimum atomic E-state index is -4.67. The topological polar surface area (TPSA) is 40.5 Å². The van der Waals surface area contributed by atoms with Gasteiger partial charge < -0.3 is 10.0 Å². The first kappa shape index (κ1) is 17.8. The van der Waals surface area contributed by atoms with Gasteiger partial charge in [0.05, 0.1) is 0 Å². The number of benzene rings is 1. The first-order valence-electron chi connectivity index (χ1n) is 7.15. The van der Waals surface area contributed by atoms with Crippen molar-refractivity contribution in [2.24, 2.45) is 0 Å². The second-order valence-electron chi connectivity index (χ2n) is 5.70. The van der Waals surface area contributed by atoms with Crippen LogP contribution >= 0.6 is 11.6 Å². The van der Waals surface area contributed by atoms with Gasteiger partial charge in [-0.1, -0.05) is 23.7 Å². The van der Waals surface area contributed by atoms with Crippen LogP contribution in [0.4, 0.5) is 13.2 Å². The number of alkyl halides is 3. The first-order chi connectivity index (χ1) is 10.6. The van der Waals surface area contributed by atoms with E-state index in [1.54, 1.807) is 37.3 Å². The molecule has 0 aromatic heterocycles. The SMILES string of the molecule is C/C(=C/c1ccc(Cl)cc1)C(=O)N1CCC(O)(C(F)(F)F)CC1. The van der Waals surface area contributed by atoms with Crippen molar-refractivity contribution < 1.29 is 23.1 Å². The summed E-state index contributed by atoms with van der Waals surface area (Å²) >= 11 is 5.78. The van der Waals surface area contributed by atoms with Crippen LogP contribution in [-0.4, -0.2) is 40.8 Å². The van der Waals surface area contributed by atoms with Gasteiger partial charge >= 0.3 is 6.18 Å². The lowest BCUT2D eigenvalue weighted by Crippen LogP contribution is -2.54. The molecule has 0 unspecified atom stereocenters. The van der Waals surface area contributed by atoms with Gasteiger partial charge in [0.15, 0.2) is 5.60 Å². The molecule has 126 valence electrons. The molecule has 0 aliphatic carbocycles. The van der Waals surface area contributed by atoms with E-state index in [-0.39, 0.29) is 19.0 Å². The van der Waals surface area contributed by atoms with Crippen molar-refractivity contribution >= 4 is 23.6 Å². The Hall–Kier alpha value is -1.53. The van der Waals surface area contributed by atoms with Crippen LogP contribution in [0.15, 0.2) is 29.8 Å². The second-order valence-corrected chi connectivity index (χ2v) is 6.14. The molecule has 1 aliphatic heterocycles. The number of hydrogen-bond donors (Lipinski definition) is 1. The summed E-state index contributed by atoms with van der Waals surface area (Å²) < 4.78 is 38.3. The Morgan fingerprint density at radius 1 is 1.26 bits per heavy atom. The van der Waals surface area contributed by atoms with Gasteiger partial charge in [0, 0.05) is 36.5 Å². The summed E-state index contributed by atoms with van der Waals surface area (Å²) in [4.78, 5) is 13.6. The van der Waals surface area contributed by atoms with Gasteiger partial charge in [-0.15, -0.1) is 0 Å². The summed E-state index contributed by atoms with van der Waals surface area (Å²) in [6, 6.07) is 6.88. The molecule has 0 saturated carbocycles. The average Bonchev–Trinajstić information content (AvgIpc) is 2.48. The third kappa shape index (κ3) is 4.06. The quantitative estimate of drug-likeness (QED) is 0.829. The number of carbonyl (C=O) groups excluding carboxylic acids is 1. The van der Waals surface area contributed by atoms with E-state index in [2.05, 4.69) is 0 Å². The number of piperidine rings is 1. The molecule has 1 amide bonds. The van der Waals surface area contributed by atoms with E-state index in [9.17, 15) is 23.1 Å². The summed E-state index contributed by atoms with van der Waals surface area (Å²) in [7, 11) is 0. The Bertz CT molecular complexity index is 603. The van der Waals surface area contributed by atoms with Crippen LogP contribution in [0.1, 0.15) is 25.3 Å². The molecule has 0 spiro atoms. The molecule has 7 heteroatoms. The highest BCUT2D eigenvalue weighted by atomic mass is 35.5. The Balaban J connectivity index is 2.03. The predicted molar refractivity (Wildman–Crippen MR) is 81.9 cm³/mol. The lowest BCUT2D eigenvalue weighted by atomic mass is 9.90. The molecular weight excluding hydrogens is 331 g/mol. The van der Waals surface area contributed by atoms with Gasteiger partial charge in [0.1, 0.15) is 0 Å². The summed E-state index contributed by atoms with van der Waals surface area (Å²) in [5.74, 6) is -0.329. The molecule has 1 aromatic rings. The highest BCUT2D eigenvalue weighted by Crippen LogP contribution is 2.38. The van der Waals surface area contributed by atoms with Crippen molar-refractivity contribution in [1.29, 1.82) is 0 Å². The lowest BCUT2D eigenvalue weighted by molar-refractivity contribution is -0.271. The number of amides is 1. The maximum Gasteiger partial charge on any atom is 0.417 e. The van der Waals surface area contributed by atoms with Crippen LogP contribution in [0.3, 0.4) is 0 Å². The molecule has 0 radical (unpaired) electrons. The maximum atomic E-state index is 12.8. The van der Waals surface area contributed by atoms with E-state index >= 15 is 0 Å². The minimum Gasteiger partial charge on any atom is -0.380 e. The Morgan fingerprint density at radius 3 is 2.26 bits per heavy atom. The zero-order valence-corrected chi connectivity index (χ0v) is 13.3. The summed E-state index contributed by atoms with van der Waals surface area (Å²) in [6.45, 7) is 1.36. The number of likely N-dealkylation sites (tertiary alicyclic amines) is 1. The van der Waals surface area contributed by atoms with Gasteiger partial charge in [0.2, 0.25) is 5.91 Å². The molecule has 1 fully saturated rings.